The fourth-order valence-electron chi connectivity index (χ4n) is 4.29. The number of likely N-dealkylation sites (N-methyl/N-ethyl adjacent to an activating group) is 1. The summed E-state index contributed by atoms with van der Waals surface area (Å²) in [6.07, 6.45) is 1.01. The van der Waals surface area contributed by atoms with Crippen LogP contribution in [-0.2, 0) is 0 Å². The summed E-state index contributed by atoms with van der Waals surface area (Å²) in [6.45, 7) is 8.63. The molecule has 1 aliphatic heterocycles. The lowest BCUT2D eigenvalue weighted by Gasteiger charge is -2.34. The number of carbonyl (C=O) groups is 1. The molecule has 1 saturated heterocycles. The minimum Gasteiger partial charge on any atom is -0.369 e. The van der Waals surface area contributed by atoms with Crippen LogP contribution in [0.2, 0.25) is 0 Å². The van der Waals surface area contributed by atoms with E-state index in [1.54, 1.807) is 0 Å². The molecule has 38 heavy (non-hydrogen) atoms. The highest BCUT2D eigenvalue weighted by Gasteiger charge is 2.22. The lowest BCUT2D eigenvalue weighted by atomic mass is 10.1. The van der Waals surface area contributed by atoms with Crippen molar-refractivity contribution >= 4 is 34.7 Å². The van der Waals surface area contributed by atoms with Gasteiger partial charge in [-0.1, -0.05) is 18.2 Å². The van der Waals surface area contributed by atoms with E-state index in [0.717, 1.165) is 55.6 Å². The number of alkyl halides is 2. The van der Waals surface area contributed by atoms with Crippen LogP contribution in [0.15, 0.2) is 48.7 Å². The highest BCUT2D eigenvalue weighted by molar-refractivity contribution is 6.08. The number of hydrogen-bond donors (Lipinski definition) is 3. The molecule has 0 spiro atoms. The molecule has 1 aromatic heterocycles. The second kappa shape index (κ2) is 11.7. The van der Waals surface area contributed by atoms with Gasteiger partial charge in [0.25, 0.3) is 5.91 Å². The van der Waals surface area contributed by atoms with Crippen molar-refractivity contribution < 1.29 is 13.6 Å². The smallest absolute Gasteiger partial charge is 0.261 e. The van der Waals surface area contributed by atoms with Gasteiger partial charge in [-0.25, -0.2) is 13.8 Å². The fourth-order valence-corrected chi connectivity index (χ4v) is 4.29. The van der Waals surface area contributed by atoms with Crippen LogP contribution < -0.4 is 20.9 Å². The zero-order chi connectivity index (χ0) is 27.3. The lowest BCUT2D eigenvalue weighted by Crippen LogP contribution is -2.44. The predicted molar refractivity (Wildman–Crippen MR) is 149 cm³/mol. The number of nitrogens with one attached hydrogen (secondary N) is 3. The van der Waals surface area contributed by atoms with Crippen LogP contribution in [0, 0.1) is 13.8 Å². The molecule has 1 aliphatic rings. The van der Waals surface area contributed by atoms with Crippen molar-refractivity contribution in [3.05, 3.63) is 65.4 Å². The molecular weight excluding hydrogens is 488 g/mol. The van der Waals surface area contributed by atoms with Gasteiger partial charge in [0.05, 0.1) is 0 Å². The first kappa shape index (κ1) is 27.3. The van der Waals surface area contributed by atoms with E-state index in [9.17, 15) is 13.6 Å². The number of para-hydroxylation sites is 1. The molecule has 1 fully saturated rings. The Bertz CT molecular complexity index is 1230. The number of benzene rings is 2. The number of amides is 1. The second-order valence-corrected chi connectivity index (χ2v) is 9.89. The molecule has 0 atom stereocenters. The lowest BCUT2D eigenvalue weighted by molar-refractivity contribution is 0.0166. The van der Waals surface area contributed by atoms with Crippen LogP contribution in [0.5, 0.6) is 0 Å². The Balaban J connectivity index is 1.52. The molecule has 202 valence electrons. The first-order chi connectivity index (χ1) is 18.1. The van der Waals surface area contributed by atoms with Crippen molar-refractivity contribution in [3.8, 4) is 0 Å². The van der Waals surface area contributed by atoms with Gasteiger partial charge in [-0.2, -0.15) is 4.98 Å². The first-order valence-electron chi connectivity index (χ1n) is 12.8. The Morgan fingerprint density at radius 3 is 2.32 bits per heavy atom. The quantitative estimate of drug-likeness (QED) is 0.351. The van der Waals surface area contributed by atoms with Crippen molar-refractivity contribution in [2.45, 2.75) is 33.1 Å². The molecule has 8 nitrogen and oxygen atoms in total. The van der Waals surface area contributed by atoms with Crippen LogP contribution in [0.4, 0.5) is 37.6 Å². The van der Waals surface area contributed by atoms with E-state index >= 15 is 0 Å². The molecule has 2 aromatic carbocycles. The third-order valence-electron chi connectivity index (χ3n) is 6.60. The number of piperazine rings is 1. The maximum Gasteiger partial charge on any atom is 0.261 e. The van der Waals surface area contributed by atoms with Gasteiger partial charge < -0.3 is 25.8 Å². The van der Waals surface area contributed by atoms with Gasteiger partial charge in [0.1, 0.15) is 11.4 Å². The molecule has 1 amide bonds. The van der Waals surface area contributed by atoms with Crippen LogP contribution in [0.1, 0.15) is 34.8 Å². The number of hydrogen-bond acceptors (Lipinski definition) is 7. The number of carbonyl (C=O) groups excluding carboxylic acids is 1. The maximum absolute atomic E-state index is 13.4. The normalized spacial score (nSPS) is 14.3. The predicted octanol–water partition coefficient (Wildman–Crippen LogP) is 5.30. The highest BCUT2D eigenvalue weighted by Crippen LogP contribution is 2.25. The van der Waals surface area contributed by atoms with Crippen LogP contribution in [0.25, 0.3) is 0 Å². The molecule has 0 saturated carbocycles. The summed E-state index contributed by atoms with van der Waals surface area (Å²) in [5.74, 6) is -2.82. The van der Waals surface area contributed by atoms with Crippen molar-refractivity contribution in [1.82, 2.24) is 14.9 Å². The summed E-state index contributed by atoms with van der Waals surface area (Å²) >= 11 is 0. The standard InChI is InChI=1S/C28H35F2N7O/c1-19-6-5-7-20(2)24(19)34-26(38)23-18-32-27(35-25(23)31-13-12-28(3,29)30)33-21-8-10-22(11-9-21)37-16-14-36(4)15-17-37/h5-11,18H,12-17H2,1-4H3,(H,34,38)(H2,31,32,33,35). The van der Waals surface area contributed by atoms with Crippen molar-refractivity contribution in [1.29, 1.82) is 0 Å². The number of rotatable bonds is 9. The zero-order valence-electron chi connectivity index (χ0n) is 22.3. The number of aromatic nitrogens is 2. The van der Waals surface area contributed by atoms with E-state index in [-0.39, 0.29) is 23.9 Å². The average molecular weight is 524 g/mol. The highest BCUT2D eigenvalue weighted by atomic mass is 19.3. The van der Waals surface area contributed by atoms with E-state index < -0.39 is 18.3 Å². The molecule has 0 radical (unpaired) electrons. The van der Waals surface area contributed by atoms with Crippen LogP contribution in [0.3, 0.4) is 0 Å². The maximum atomic E-state index is 13.4. The van der Waals surface area contributed by atoms with E-state index in [1.807, 2.05) is 56.3 Å². The summed E-state index contributed by atoms with van der Waals surface area (Å²) < 4.78 is 26.9. The van der Waals surface area contributed by atoms with Gasteiger partial charge in [0.2, 0.25) is 11.9 Å². The summed E-state index contributed by atoms with van der Waals surface area (Å²) in [5, 5.41) is 8.97. The van der Waals surface area contributed by atoms with Crippen LogP contribution >= 0.6 is 0 Å². The summed E-state index contributed by atoms with van der Waals surface area (Å²) in [4.78, 5) is 26.6. The largest absolute Gasteiger partial charge is 0.369 e. The Labute approximate surface area is 222 Å². The van der Waals surface area contributed by atoms with Crippen molar-refractivity contribution in [2.24, 2.45) is 0 Å². The van der Waals surface area contributed by atoms with E-state index in [2.05, 4.69) is 42.8 Å². The van der Waals surface area contributed by atoms with Crippen LogP contribution in [-0.4, -0.2) is 66.5 Å². The van der Waals surface area contributed by atoms with Gasteiger partial charge >= 0.3 is 0 Å². The fraction of sp³-hybridized carbons (Fsp3) is 0.393. The molecule has 0 aliphatic carbocycles. The molecule has 0 bridgehead atoms. The molecule has 10 heteroatoms. The summed E-state index contributed by atoms with van der Waals surface area (Å²) in [6, 6.07) is 13.7. The number of nitrogens with zero attached hydrogens (tertiary/aromatic N) is 4. The van der Waals surface area contributed by atoms with E-state index in [4.69, 9.17) is 0 Å². The van der Waals surface area contributed by atoms with Gasteiger partial charge in [-0.15, -0.1) is 0 Å². The SMILES string of the molecule is Cc1cccc(C)c1NC(=O)c1cnc(Nc2ccc(N3CCN(C)CC3)cc2)nc1NCCC(C)(F)F. The second-order valence-electron chi connectivity index (χ2n) is 9.89. The Morgan fingerprint density at radius 1 is 1.03 bits per heavy atom. The summed E-state index contributed by atoms with van der Waals surface area (Å²) in [5.41, 5.74) is 4.62. The first-order valence-corrected chi connectivity index (χ1v) is 12.8. The number of anilines is 5. The van der Waals surface area contributed by atoms with Gasteiger partial charge in [0.15, 0.2) is 0 Å². The number of aryl methyl sites for hydroxylation is 2. The Kier molecular flexibility index (Phi) is 8.41. The molecule has 3 aromatic rings. The minimum atomic E-state index is -2.84. The van der Waals surface area contributed by atoms with Crippen molar-refractivity contribution in [3.63, 3.8) is 0 Å². The monoisotopic (exact) mass is 523 g/mol. The third kappa shape index (κ3) is 7.16. The van der Waals surface area contributed by atoms with Gasteiger partial charge in [-0.05, 0) is 63.2 Å². The number of halogens is 2. The minimum absolute atomic E-state index is 0.0522. The van der Waals surface area contributed by atoms with Gasteiger partial charge in [-0.3, -0.25) is 4.79 Å². The van der Waals surface area contributed by atoms with E-state index in [0.29, 0.717) is 5.69 Å². The molecule has 0 unspecified atom stereocenters. The van der Waals surface area contributed by atoms with E-state index in [1.165, 1.54) is 6.20 Å². The topological polar surface area (TPSA) is 85.4 Å². The Hall–Kier alpha value is -3.79. The summed E-state index contributed by atoms with van der Waals surface area (Å²) in [7, 11) is 2.12. The van der Waals surface area contributed by atoms with Gasteiger partial charge in [0, 0.05) is 62.4 Å². The molecule has 3 N–H and O–H groups in total. The molecule has 2 heterocycles. The third-order valence-corrected chi connectivity index (χ3v) is 6.60. The average Bonchev–Trinajstić information content (AvgIpc) is 2.87. The molecular formula is C28H35F2N7O. The molecule has 4 rings (SSSR count). The Morgan fingerprint density at radius 2 is 1.68 bits per heavy atom. The van der Waals surface area contributed by atoms with Crippen molar-refractivity contribution in [2.75, 3.05) is 60.6 Å². The zero-order valence-corrected chi connectivity index (χ0v) is 22.3.